The smallest absolute Gasteiger partial charge is 0.216 e. The highest BCUT2D eigenvalue weighted by Gasteiger charge is 2.13. The molecule has 0 spiro atoms. The van der Waals surface area contributed by atoms with Gasteiger partial charge in [-0.2, -0.15) is 11.8 Å². The zero-order valence-corrected chi connectivity index (χ0v) is 15.9. The maximum Gasteiger partial charge on any atom is 0.216 e. The van der Waals surface area contributed by atoms with Crippen molar-refractivity contribution in [2.75, 3.05) is 24.6 Å². The Morgan fingerprint density at radius 1 is 1.25 bits per heavy atom. The van der Waals surface area contributed by atoms with E-state index in [9.17, 15) is 8.42 Å². The van der Waals surface area contributed by atoms with E-state index in [2.05, 4.69) is 14.6 Å². The summed E-state index contributed by atoms with van der Waals surface area (Å²) < 4.78 is 26.4. The van der Waals surface area contributed by atoms with Crippen LogP contribution in [-0.4, -0.2) is 49.9 Å². The van der Waals surface area contributed by atoms with E-state index in [4.69, 9.17) is 5.73 Å². The highest BCUT2D eigenvalue weighted by atomic mass is 32.2. The van der Waals surface area contributed by atoms with Crippen LogP contribution in [0.25, 0.3) is 0 Å². The molecule has 8 heteroatoms. The molecule has 0 aromatic heterocycles. The highest BCUT2D eigenvalue weighted by Crippen LogP contribution is 2.11. The van der Waals surface area contributed by atoms with Crippen LogP contribution in [0.5, 0.6) is 0 Å². The lowest BCUT2D eigenvalue weighted by Crippen LogP contribution is -2.42. The molecule has 0 radical (unpaired) electrons. The minimum atomic E-state index is -3.29. The van der Waals surface area contributed by atoms with Crippen molar-refractivity contribution in [1.29, 1.82) is 0 Å². The molecule has 0 saturated carbocycles. The van der Waals surface area contributed by atoms with Gasteiger partial charge in [-0.15, -0.1) is 0 Å². The van der Waals surface area contributed by atoms with E-state index in [1.165, 1.54) is 0 Å². The van der Waals surface area contributed by atoms with E-state index in [1.54, 1.807) is 0 Å². The number of nitrogens with one attached hydrogen (secondary N) is 1. The predicted octanol–water partition coefficient (Wildman–Crippen LogP) is 1.38. The molecule has 0 bridgehead atoms. The summed E-state index contributed by atoms with van der Waals surface area (Å²) in [6, 6.07) is 7.38. The molecule has 134 valence electrons. The zero-order valence-electron chi connectivity index (χ0n) is 14.2. The average molecular weight is 371 g/mol. The molecule has 1 saturated heterocycles. The van der Waals surface area contributed by atoms with Gasteiger partial charge in [0.1, 0.15) is 0 Å². The number of thioether (sulfide) groups is 1. The van der Waals surface area contributed by atoms with Crippen LogP contribution < -0.4 is 10.5 Å². The van der Waals surface area contributed by atoms with Crippen molar-refractivity contribution in [3.8, 4) is 0 Å². The fourth-order valence-electron chi connectivity index (χ4n) is 2.43. The van der Waals surface area contributed by atoms with E-state index in [0.717, 1.165) is 35.7 Å². The summed E-state index contributed by atoms with van der Waals surface area (Å²) in [5, 5.41) is 0. The SMILES string of the molecule is CC(C)NS(=O)(=O)Cc1ccc(CN=C(N)N2CCSCC2)cc1. The lowest BCUT2D eigenvalue weighted by atomic mass is 10.1. The molecular weight excluding hydrogens is 344 g/mol. The van der Waals surface area contributed by atoms with Gasteiger partial charge in [0.2, 0.25) is 10.0 Å². The van der Waals surface area contributed by atoms with Crippen LogP contribution in [0.1, 0.15) is 25.0 Å². The second-order valence-electron chi connectivity index (χ2n) is 6.12. The summed E-state index contributed by atoms with van der Waals surface area (Å²) in [6.45, 7) is 6.01. The van der Waals surface area contributed by atoms with Gasteiger partial charge in [0, 0.05) is 30.6 Å². The number of rotatable bonds is 6. The molecule has 0 atom stereocenters. The quantitative estimate of drug-likeness (QED) is 0.583. The van der Waals surface area contributed by atoms with Crippen LogP contribution >= 0.6 is 11.8 Å². The van der Waals surface area contributed by atoms with Crippen molar-refractivity contribution in [2.45, 2.75) is 32.2 Å². The summed E-state index contributed by atoms with van der Waals surface area (Å²) in [7, 11) is -3.29. The third kappa shape index (κ3) is 6.33. The standard InChI is InChI=1S/C16H26N4O2S2/c1-13(2)19-24(21,22)12-15-5-3-14(4-6-15)11-18-16(17)20-7-9-23-10-8-20/h3-6,13,19H,7-12H2,1-2H3,(H2,17,18). The van der Waals surface area contributed by atoms with E-state index < -0.39 is 10.0 Å². The highest BCUT2D eigenvalue weighted by molar-refractivity contribution is 7.99. The fourth-order valence-corrected chi connectivity index (χ4v) is 4.76. The van der Waals surface area contributed by atoms with Gasteiger partial charge < -0.3 is 10.6 Å². The number of nitrogens with two attached hydrogens (primary N) is 1. The Hall–Kier alpha value is -1.25. The van der Waals surface area contributed by atoms with Gasteiger partial charge in [0.25, 0.3) is 0 Å². The third-order valence-electron chi connectivity index (χ3n) is 3.55. The molecular formula is C16H26N4O2S2. The van der Waals surface area contributed by atoms with Crippen LogP contribution in [0.3, 0.4) is 0 Å². The Balaban J connectivity index is 1.92. The maximum absolute atomic E-state index is 11.9. The maximum atomic E-state index is 11.9. The molecule has 6 nitrogen and oxygen atoms in total. The number of nitrogens with zero attached hydrogens (tertiary/aromatic N) is 2. The molecule has 0 aliphatic carbocycles. The Morgan fingerprint density at radius 2 is 1.83 bits per heavy atom. The fraction of sp³-hybridized carbons (Fsp3) is 0.562. The summed E-state index contributed by atoms with van der Waals surface area (Å²) in [6.07, 6.45) is 0. The second-order valence-corrected chi connectivity index (χ2v) is 9.10. The van der Waals surface area contributed by atoms with Crippen LogP contribution in [0.2, 0.25) is 0 Å². The van der Waals surface area contributed by atoms with Crippen molar-refractivity contribution >= 4 is 27.7 Å². The minimum Gasteiger partial charge on any atom is -0.370 e. The van der Waals surface area contributed by atoms with Gasteiger partial charge in [-0.1, -0.05) is 24.3 Å². The number of sulfonamides is 1. The first kappa shape index (κ1) is 19.1. The molecule has 24 heavy (non-hydrogen) atoms. The first-order chi connectivity index (χ1) is 11.4. The molecule has 1 aliphatic heterocycles. The Bertz CT molecular complexity index is 651. The van der Waals surface area contributed by atoms with Gasteiger partial charge >= 0.3 is 0 Å². The Labute approximate surface area is 149 Å². The molecule has 3 N–H and O–H groups in total. The van der Waals surface area contributed by atoms with Crippen molar-refractivity contribution in [1.82, 2.24) is 9.62 Å². The van der Waals surface area contributed by atoms with E-state index in [-0.39, 0.29) is 11.8 Å². The summed E-state index contributed by atoms with van der Waals surface area (Å²) in [5.74, 6) is 2.75. The number of aliphatic imine (C=N–C) groups is 1. The number of benzene rings is 1. The largest absolute Gasteiger partial charge is 0.370 e. The molecule has 0 unspecified atom stereocenters. The van der Waals surface area contributed by atoms with Gasteiger partial charge in [-0.25, -0.2) is 18.1 Å². The van der Waals surface area contributed by atoms with E-state index in [0.29, 0.717) is 12.5 Å². The molecule has 1 aromatic rings. The van der Waals surface area contributed by atoms with Gasteiger partial charge in [0.05, 0.1) is 12.3 Å². The second kappa shape index (κ2) is 8.73. The average Bonchev–Trinajstić information content (AvgIpc) is 2.53. The molecule has 1 heterocycles. The van der Waals surface area contributed by atoms with Crippen LogP contribution in [0, 0.1) is 0 Å². The topological polar surface area (TPSA) is 87.8 Å². The Kier molecular flexibility index (Phi) is 6.94. The van der Waals surface area contributed by atoms with Crippen LogP contribution in [-0.2, 0) is 22.3 Å². The third-order valence-corrected chi connectivity index (χ3v) is 6.04. The normalized spacial score (nSPS) is 16.6. The van der Waals surface area contributed by atoms with E-state index >= 15 is 0 Å². The van der Waals surface area contributed by atoms with Crippen molar-refractivity contribution in [3.63, 3.8) is 0 Å². The van der Waals surface area contributed by atoms with Gasteiger partial charge in [0.15, 0.2) is 5.96 Å². The lowest BCUT2D eigenvalue weighted by molar-refractivity contribution is 0.455. The van der Waals surface area contributed by atoms with Crippen molar-refractivity contribution in [3.05, 3.63) is 35.4 Å². The predicted molar refractivity (Wildman–Crippen MR) is 102 cm³/mol. The van der Waals surface area contributed by atoms with Crippen LogP contribution in [0.15, 0.2) is 29.3 Å². The number of hydrogen-bond donors (Lipinski definition) is 2. The van der Waals surface area contributed by atoms with Crippen LogP contribution in [0.4, 0.5) is 0 Å². The number of guanidine groups is 1. The molecule has 1 aliphatic rings. The summed E-state index contributed by atoms with van der Waals surface area (Å²) >= 11 is 1.93. The lowest BCUT2D eigenvalue weighted by Gasteiger charge is -2.27. The van der Waals surface area contributed by atoms with Crippen molar-refractivity contribution < 1.29 is 8.42 Å². The molecule has 1 fully saturated rings. The Morgan fingerprint density at radius 3 is 2.42 bits per heavy atom. The van der Waals surface area contributed by atoms with Gasteiger partial charge in [-0.05, 0) is 25.0 Å². The first-order valence-corrected chi connectivity index (χ1v) is 10.9. The molecule has 1 aromatic carbocycles. The monoisotopic (exact) mass is 370 g/mol. The molecule has 0 amide bonds. The van der Waals surface area contributed by atoms with Gasteiger partial charge in [-0.3, -0.25) is 0 Å². The summed E-state index contributed by atoms with van der Waals surface area (Å²) in [5.41, 5.74) is 7.81. The van der Waals surface area contributed by atoms with E-state index in [1.807, 2.05) is 49.9 Å². The minimum absolute atomic E-state index is 0.0116. The summed E-state index contributed by atoms with van der Waals surface area (Å²) in [4.78, 5) is 6.55. The first-order valence-electron chi connectivity index (χ1n) is 8.06. The zero-order chi connectivity index (χ0) is 17.6. The molecule has 2 rings (SSSR count). The number of hydrogen-bond acceptors (Lipinski definition) is 4. The van der Waals surface area contributed by atoms with Crippen molar-refractivity contribution in [2.24, 2.45) is 10.7 Å².